The smallest absolute Gasteiger partial charge is 0.224 e. The van der Waals surface area contributed by atoms with Gasteiger partial charge in [0.2, 0.25) is 5.91 Å². The quantitative estimate of drug-likeness (QED) is 0.831. The Morgan fingerprint density at radius 3 is 2.70 bits per heavy atom. The molecule has 2 aliphatic rings. The summed E-state index contributed by atoms with van der Waals surface area (Å²) in [5, 5.41) is 3.26. The molecule has 2 atom stereocenters. The van der Waals surface area contributed by atoms with Crippen LogP contribution in [0, 0.1) is 12.8 Å². The van der Waals surface area contributed by atoms with Crippen molar-refractivity contribution in [2.75, 3.05) is 26.9 Å². The van der Waals surface area contributed by atoms with E-state index in [4.69, 9.17) is 15.2 Å². The van der Waals surface area contributed by atoms with E-state index in [0.717, 1.165) is 44.3 Å². The topological polar surface area (TPSA) is 73.6 Å². The summed E-state index contributed by atoms with van der Waals surface area (Å²) in [5.74, 6) is 0.873. The number of nitrogens with two attached hydrogens (primary N) is 1. The Hall–Kier alpha value is -1.59. The summed E-state index contributed by atoms with van der Waals surface area (Å²) in [6.07, 6.45) is 5.72. The van der Waals surface area contributed by atoms with Gasteiger partial charge in [0.05, 0.1) is 13.0 Å². The molecule has 1 saturated heterocycles. The summed E-state index contributed by atoms with van der Waals surface area (Å²) in [5.41, 5.74) is 8.24. The first-order valence-electron chi connectivity index (χ1n) is 10.2. The van der Waals surface area contributed by atoms with Gasteiger partial charge < -0.3 is 20.5 Å². The van der Waals surface area contributed by atoms with Gasteiger partial charge in [0.15, 0.2) is 0 Å². The van der Waals surface area contributed by atoms with Crippen molar-refractivity contribution in [2.24, 2.45) is 11.7 Å². The van der Waals surface area contributed by atoms with Gasteiger partial charge in [-0.15, -0.1) is 0 Å². The minimum Gasteiger partial charge on any atom is -0.496 e. The van der Waals surface area contributed by atoms with Crippen LogP contribution in [-0.4, -0.2) is 38.3 Å². The van der Waals surface area contributed by atoms with Crippen LogP contribution in [0.1, 0.15) is 56.6 Å². The number of benzene rings is 1. The zero-order valence-corrected chi connectivity index (χ0v) is 17.0. The number of nitrogens with one attached hydrogen (secondary N) is 1. The highest BCUT2D eigenvalue weighted by Crippen LogP contribution is 2.40. The highest BCUT2D eigenvalue weighted by Gasteiger charge is 2.41. The lowest BCUT2D eigenvalue weighted by Gasteiger charge is -2.41. The monoisotopic (exact) mass is 374 g/mol. The third kappa shape index (κ3) is 4.30. The van der Waals surface area contributed by atoms with Gasteiger partial charge in [0, 0.05) is 36.3 Å². The Bertz CT molecular complexity index is 666. The Balaban J connectivity index is 1.82. The Kier molecular flexibility index (Phi) is 6.11. The van der Waals surface area contributed by atoms with E-state index in [2.05, 4.69) is 24.4 Å². The van der Waals surface area contributed by atoms with Crippen molar-refractivity contribution in [3.8, 4) is 5.75 Å². The van der Waals surface area contributed by atoms with Crippen LogP contribution in [0.4, 0.5) is 0 Å². The Morgan fingerprint density at radius 1 is 1.30 bits per heavy atom. The molecule has 0 aromatic heterocycles. The maximum absolute atomic E-state index is 13.0. The molecule has 27 heavy (non-hydrogen) atoms. The number of amides is 1. The largest absolute Gasteiger partial charge is 0.496 e. The Morgan fingerprint density at radius 2 is 2.04 bits per heavy atom. The molecule has 1 aliphatic carbocycles. The van der Waals surface area contributed by atoms with Crippen molar-refractivity contribution >= 4 is 5.91 Å². The molecule has 150 valence electrons. The van der Waals surface area contributed by atoms with E-state index in [1.807, 2.05) is 13.0 Å². The predicted octanol–water partition coefficient (Wildman–Crippen LogP) is 3.08. The molecule has 5 nitrogen and oxygen atoms in total. The van der Waals surface area contributed by atoms with Crippen molar-refractivity contribution in [1.82, 2.24) is 5.32 Å². The zero-order chi connectivity index (χ0) is 19.5. The third-order valence-electron chi connectivity index (χ3n) is 6.55. The molecule has 3 rings (SSSR count). The molecule has 3 N–H and O–H groups in total. The van der Waals surface area contributed by atoms with Gasteiger partial charge in [-0.3, -0.25) is 4.79 Å². The van der Waals surface area contributed by atoms with Crippen molar-refractivity contribution in [3.63, 3.8) is 0 Å². The van der Waals surface area contributed by atoms with Crippen LogP contribution in [-0.2, 0) is 14.9 Å². The van der Waals surface area contributed by atoms with Gasteiger partial charge in [-0.05, 0) is 45.6 Å². The second kappa shape index (κ2) is 8.19. The van der Waals surface area contributed by atoms with Crippen molar-refractivity contribution in [1.29, 1.82) is 0 Å². The van der Waals surface area contributed by atoms with Gasteiger partial charge in [-0.2, -0.15) is 0 Å². The molecule has 0 spiro atoms. The molecule has 5 heteroatoms. The molecule has 2 unspecified atom stereocenters. The second-order valence-electron chi connectivity index (χ2n) is 8.62. The molecule has 1 amide bonds. The lowest BCUT2D eigenvalue weighted by Crippen LogP contribution is -2.54. The van der Waals surface area contributed by atoms with E-state index in [-0.39, 0.29) is 17.2 Å². The average Bonchev–Trinajstić information content (AvgIpc) is 2.66. The third-order valence-corrected chi connectivity index (χ3v) is 6.55. The molecule has 1 saturated carbocycles. The fraction of sp³-hybridized carbons (Fsp3) is 0.682. The first kappa shape index (κ1) is 20.2. The summed E-state index contributed by atoms with van der Waals surface area (Å²) in [6, 6.07) is 6.29. The lowest BCUT2D eigenvalue weighted by molar-refractivity contribution is -0.128. The van der Waals surface area contributed by atoms with E-state index < -0.39 is 5.54 Å². The standard InChI is InChI=1S/C22H34N2O3/c1-16-7-8-19(26-3)18(14-16)22(10-12-27-13-11-22)15-24-20(25)17-6-4-5-9-21(17,2)23/h7-8,14,17H,4-6,9-13,15,23H2,1-3H3,(H,24,25). The number of aryl methyl sites for hydroxylation is 1. The summed E-state index contributed by atoms with van der Waals surface area (Å²) in [7, 11) is 1.71. The van der Waals surface area contributed by atoms with Crippen LogP contribution in [0.5, 0.6) is 5.75 Å². The van der Waals surface area contributed by atoms with Gasteiger partial charge >= 0.3 is 0 Å². The maximum atomic E-state index is 13.0. The molecular weight excluding hydrogens is 340 g/mol. The molecular formula is C22H34N2O3. The van der Waals surface area contributed by atoms with Crippen LogP contribution in [0.3, 0.4) is 0 Å². The number of carbonyl (C=O) groups is 1. The maximum Gasteiger partial charge on any atom is 0.224 e. The molecule has 1 aromatic carbocycles. The lowest BCUT2D eigenvalue weighted by atomic mass is 9.72. The van der Waals surface area contributed by atoms with Gasteiger partial charge in [-0.1, -0.05) is 30.5 Å². The zero-order valence-electron chi connectivity index (χ0n) is 17.0. The number of methoxy groups -OCH3 is 1. The molecule has 1 heterocycles. The number of hydrogen-bond donors (Lipinski definition) is 2. The van der Waals surface area contributed by atoms with Crippen LogP contribution in [0.15, 0.2) is 18.2 Å². The van der Waals surface area contributed by atoms with Crippen LogP contribution in [0.25, 0.3) is 0 Å². The minimum absolute atomic E-state index is 0.0946. The highest BCUT2D eigenvalue weighted by molar-refractivity contribution is 5.80. The van der Waals surface area contributed by atoms with Crippen LogP contribution >= 0.6 is 0 Å². The molecule has 0 radical (unpaired) electrons. The van der Waals surface area contributed by atoms with E-state index in [1.54, 1.807) is 7.11 Å². The summed E-state index contributed by atoms with van der Waals surface area (Å²) in [4.78, 5) is 13.0. The fourth-order valence-corrected chi connectivity index (χ4v) is 4.71. The molecule has 2 fully saturated rings. The van der Waals surface area contributed by atoms with E-state index in [0.29, 0.717) is 19.8 Å². The number of rotatable bonds is 5. The van der Waals surface area contributed by atoms with Gasteiger partial charge in [0.1, 0.15) is 5.75 Å². The minimum atomic E-state index is -0.411. The van der Waals surface area contributed by atoms with Crippen LogP contribution in [0.2, 0.25) is 0 Å². The number of hydrogen-bond acceptors (Lipinski definition) is 4. The number of ether oxygens (including phenoxy) is 2. The van der Waals surface area contributed by atoms with E-state index in [1.165, 1.54) is 11.1 Å². The summed E-state index contributed by atoms with van der Waals surface area (Å²) >= 11 is 0. The van der Waals surface area contributed by atoms with Crippen LogP contribution < -0.4 is 15.8 Å². The molecule has 1 aliphatic heterocycles. The van der Waals surface area contributed by atoms with E-state index in [9.17, 15) is 4.79 Å². The van der Waals surface area contributed by atoms with Crippen molar-refractivity contribution in [2.45, 2.75) is 63.3 Å². The van der Waals surface area contributed by atoms with Crippen molar-refractivity contribution in [3.05, 3.63) is 29.3 Å². The summed E-state index contributed by atoms with van der Waals surface area (Å²) in [6.45, 7) is 6.11. The number of carbonyl (C=O) groups excluding carboxylic acids is 1. The van der Waals surface area contributed by atoms with Gasteiger partial charge in [-0.25, -0.2) is 0 Å². The highest BCUT2D eigenvalue weighted by atomic mass is 16.5. The van der Waals surface area contributed by atoms with Gasteiger partial charge in [0.25, 0.3) is 0 Å². The first-order valence-corrected chi connectivity index (χ1v) is 10.2. The normalized spacial score (nSPS) is 27.8. The Labute approximate surface area is 163 Å². The average molecular weight is 375 g/mol. The second-order valence-corrected chi connectivity index (χ2v) is 8.62. The van der Waals surface area contributed by atoms with E-state index >= 15 is 0 Å². The molecule has 0 bridgehead atoms. The van der Waals surface area contributed by atoms with Crippen molar-refractivity contribution < 1.29 is 14.3 Å². The predicted molar refractivity (Wildman–Crippen MR) is 107 cm³/mol. The first-order chi connectivity index (χ1) is 12.9. The fourth-order valence-electron chi connectivity index (χ4n) is 4.71. The molecule has 1 aromatic rings. The summed E-state index contributed by atoms with van der Waals surface area (Å²) < 4.78 is 11.3. The SMILES string of the molecule is COc1ccc(C)cc1C1(CNC(=O)C2CCCCC2(C)N)CCOCC1.